The molecule has 0 spiro atoms. The Morgan fingerprint density at radius 1 is 0.500 bits per heavy atom. The van der Waals surface area contributed by atoms with Crippen LogP contribution in [-0.4, -0.2) is 83.4 Å². The molecule has 1 aliphatic rings. The summed E-state index contributed by atoms with van der Waals surface area (Å²) in [6.45, 7) is 2.27. The highest BCUT2D eigenvalue weighted by Crippen LogP contribution is 2.35. The van der Waals surface area contributed by atoms with Crippen molar-refractivity contribution in [2.75, 3.05) is 6.16 Å². The maximum atomic E-state index is 10.9. The number of hydrogen-bond acceptors (Lipinski definition) is 8. The molecule has 0 amide bonds. The van der Waals surface area contributed by atoms with Gasteiger partial charge in [-0.15, -0.1) is 0 Å². The van der Waals surface area contributed by atoms with Gasteiger partial charge in [-0.3, -0.25) is 4.57 Å². The van der Waals surface area contributed by atoms with Crippen LogP contribution in [0.1, 0.15) is 200 Å². The van der Waals surface area contributed by atoms with Crippen LogP contribution in [0.25, 0.3) is 0 Å². The lowest BCUT2D eigenvalue weighted by Crippen LogP contribution is -2.63. The Labute approximate surface area is 322 Å². The third kappa shape index (κ3) is 26.7. The first-order chi connectivity index (χ1) is 25.1. The van der Waals surface area contributed by atoms with Crippen LogP contribution >= 0.6 is 19.6 Å². The Morgan fingerprint density at radius 2 is 0.827 bits per heavy atom. The van der Waals surface area contributed by atoms with Gasteiger partial charge in [0.25, 0.3) is 0 Å². The lowest BCUT2D eigenvalue weighted by atomic mass is 9.85. The summed E-state index contributed by atoms with van der Waals surface area (Å²) in [6, 6.07) is 0. The van der Waals surface area contributed by atoms with E-state index in [1.165, 1.54) is 108 Å². The summed E-state index contributed by atoms with van der Waals surface area (Å²) < 4.78 is 16.8. The molecule has 7 N–H and O–H groups in total. The van der Waals surface area contributed by atoms with Crippen molar-refractivity contribution in [3.05, 3.63) is 12.2 Å². The zero-order valence-corrected chi connectivity index (χ0v) is 34.6. The first-order valence-corrected chi connectivity index (χ1v) is 24.1. The van der Waals surface area contributed by atoms with Gasteiger partial charge in [0.05, 0.1) is 0 Å². The molecule has 0 aliphatic heterocycles. The summed E-state index contributed by atoms with van der Waals surface area (Å²) in [7, 11) is -3.84. The van der Waals surface area contributed by atoms with E-state index < -0.39 is 44.2 Å². The Kier molecular flexibility index (Phi) is 31.9. The molecule has 1 fully saturated rings. The summed E-state index contributed by atoms with van der Waals surface area (Å²) >= 11 is 1.25. The van der Waals surface area contributed by atoms with Crippen molar-refractivity contribution in [2.45, 2.75) is 241 Å². The van der Waals surface area contributed by atoms with Crippen LogP contribution in [0.15, 0.2) is 12.2 Å². The maximum Gasteiger partial charge on any atom is 0.325 e. The monoisotopic (exact) mass is 781 g/mol. The minimum atomic E-state index is -3.84. The maximum absolute atomic E-state index is 10.9. The average molecular weight is 781 g/mol. The van der Waals surface area contributed by atoms with Gasteiger partial charge in [0.2, 0.25) is 0 Å². The summed E-state index contributed by atoms with van der Waals surface area (Å²) in [6.07, 6.45) is 31.5. The highest BCUT2D eigenvalue weighted by Gasteiger charge is 2.49. The first kappa shape index (κ1) is 50.0. The summed E-state index contributed by atoms with van der Waals surface area (Å²) in [5.74, 6) is 0. The molecule has 0 bridgehead atoms. The number of allylic oxidation sites excluding steroid dienone is 2. The van der Waals surface area contributed by atoms with E-state index in [4.69, 9.17) is 14.0 Å². The Balaban J connectivity index is 2.24. The van der Waals surface area contributed by atoms with Crippen LogP contribution < -0.4 is 0 Å². The quantitative estimate of drug-likeness (QED) is 0.0141. The Bertz CT molecular complexity index is 859. The fourth-order valence-electron chi connectivity index (χ4n) is 7.12. The van der Waals surface area contributed by atoms with Crippen molar-refractivity contribution >= 4 is 19.6 Å². The first-order valence-electron chi connectivity index (χ1n) is 21.5. The molecule has 1 unspecified atom stereocenters. The molecular formula is C41H81O9PS. The molecule has 310 valence electrons. The Hall–Kier alpha value is -0.0000000000000000971. The van der Waals surface area contributed by atoms with E-state index in [1.54, 1.807) is 0 Å². The largest absolute Gasteiger partial charge is 0.387 e. The highest BCUT2D eigenvalue weighted by atomic mass is 32.2. The molecule has 0 aromatic carbocycles. The highest BCUT2D eigenvalue weighted by molar-refractivity contribution is 7.95. The Morgan fingerprint density at radius 3 is 1.21 bits per heavy atom. The molecule has 9 nitrogen and oxygen atoms in total. The van der Waals surface area contributed by atoms with Gasteiger partial charge in [-0.2, -0.15) is 0 Å². The van der Waals surface area contributed by atoms with Gasteiger partial charge in [0, 0.05) is 11.4 Å². The van der Waals surface area contributed by atoms with Crippen molar-refractivity contribution in [2.24, 2.45) is 0 Å². The minimum Gasteiger partial charge on any atom is -0.387 e. The van der Waals surface area contributed by atoms with E-state index in [9.17, 15) is 30.1 Å². The average Bonchev–Trinajstić information content (AvgIpc) is 3.11. The molecule has 0 aromatic rings. The van der Waals surface area contributed by atoms with Gasteiger partial charge in [-0.05, 0) is 57.0 Å². The second-order valence-corrected chi connectivity index (χ2v) is 18.4. The summed E-state index contributed by atoms with van der Waals surface area (Å²) in [5, 5.41) is 51.2. The summed E-state index contributed by atoms with van der Waals surface area (Å²) in [5.41, 5.74) is 0. The fourth-order valence-corrected chi connectivity index (χ4v) is 8.80. The predicted octanol–water partition coefficient (Wildman–Crippen LogP) is 9.66. The third-order valence-corrected chi connectivity index (χ3v) is 12.6. The number of unbranched alkanes of at least 4 members (excludes halogenated alkanes) is 25. The zero-order valence-electron chi connectivity index (χ0n) is 32.9. The molecule has 0 heterocycles. The number of rotatable bonds is 36. The molecule has 1 aliphatic carbocycles. The zero-order chi connectivity index (χ0) is 38.3. The topological polar surface area (TPSA) is 168 Å². The molecule has 1 saturated carbocycles. The van der Waals surface area contributed by atoms with Crippen molar-refractivity contribution < 1.29 is 44.1 Å². The van der Waals surface area contributed by atoms with E-state index in [2.05, 4.69) is 19.1 Å². The molecule has 52 heavy (non-hydrogen) atoms. The van der Waals surface area contributed by atoms with Gasteiger partial charge in [0.1, 0.15) is 36.6 Å². The van der Waals surface area contributed by atoms with Crippen molar-refractivity contribution in [3.63, 3.8) is 0 Å². The van der Waals surface area contributed by atoms with Crippen LogP contribution in [0.3, 0.4) is 0 Å². The summed E-state index contributed by atoms with van der Waals surface area (Å²) in [4.78, 5) is 17.8. The van der Waals surface area contributed by atoms with Crippen molar-refractivity contribution in [3.8, 4) is 0 Å². The van der Waals surface area contributed by atoms with Gasteiger partial charge in [-0.25, -0.2) is 0 Å². The van der Waals surface area contributed by atoms with Crippen LogP contribution in [0.4, 0.5) is 0 Å². The van der Waals surface area contributed by atoms with Crippen molar-refractivity contribution in [1.29, 1.82) is 0 Å². The third-order valence-electron chi connectivity index (χ3n) is 10.6. The number of aliphatic hydroxyl groups excluding tert-OH is 5. The second kappa shape index (κ2) is 33.2. The van der Waals surface area contributed by atoms with E-state index in [0.717, 1.165) is 89.9 Å². The molecular weight excluding hydrogens is 699 g/mol. The van der Waals surface area contributed by atoms with Crippen molar-refractivity contribution in [1.82, 2.24) is 0 Å². The van der Waals surface area contributed by atoms with E-state index >= 15 is 0 Å². The van der Waals surface area contributed by atoms with Crippen LogP contribution in [0.2, 0.25) is 0 Å². The molecule has 7 atom stereocenters. The van der Waals surface area contributed by atoms with Crippen LogP contribution in [0, 0.1) is 0 Å². The molecule has 0 radical (unpaired) electrons. The lowest BCUT2D eigenvalue weighted by Gasteiger charge is -2.41. The SMILES string of the molecule is CCCCCCCCCCCCCCCCCCC(CCCCCC/C=C\CCCCCCCCP(=O)(O)O)SO[C@@H]1[C@@H](O)[C@H](O)[C@@H](O)[C@H](O)[C@@H]1O. The van der Waals surface area contributed by atoms with Gasteiger partial charge < -0.3 is 39.5 Å². The number of aliphatic hydroxyl groups is 5. The van der Waals surface area contributed by atoms with Gasteiger partial charge in [-0.1, -0.05) is 167 Å². The minimum absolute atomic E-state index is 0.00368. The molecule has 0 aromatic heterocycles. The predicted molar refractivity (Wildman–Crippen MR) is 217 cm³/mol. The van der Waals surface area contributed by atoms with Gasteiger partial charge in [0.15, 0.2) is 0 Å². The van der Waals surface area contributed by atoms with Crippen LogP contribution in [0.5, 0.6) is 0 Å². The fraction of sp³-hybridized carbons (Fsp3) is 0.951. The van der Waals surface area contributed by atoms with Gasteiger partial charge >= 0.3 is 7.60 Å². The molecule has 0 saturated heterocycles. The standard InChI is InChI=1S/C41H81O9PS/c1-2-3-4-5-6-7-8-9-10-11-14-17-20-23-26-29-32-35(52-50-41-39(45)37(43)36(42)38(44)40(41)46)33-30-27-24-21-18-15-12-13-16-19-22-25-28-31-34-51(47,48)49/h12,15,35-46H,2-11,13-14,16-34H2,1H3,(H2,47,48,49)/b15-12-/t35?,36-,37-,38+,39-,40-,41-/m0/s1. The second-order valence-electron chi connectivity index (χ2n) is 15.6. The van der Waals surface area contributed by atoms with E-state index in [-0.39, 0.29) is 11.4 Å². The molecule has 1 rings (SSSR count). The smallest absolute Gasteiger partial charge is 0.325 e. The van der Waals surface area contributed by atoms with E-state index in [1.807, 2.05) is 0 Å². The van der Waals surface area contributed by atoms with Crippen LogP contribution in [-0.2, 0) is 8.75 Å². The lowest BCUT2D eigenvalue weighted by molar-refractivity contribution is -0.214. The number of hydrogen-bond donors (Lipinski definition) is 7. The normalized spacial score (nSPS) is 23.2. The van der Waals surface area contributed by atoms with E-state index in [0.29, 0.717) is 6.42 Å². The molecule has 11 heteroatoms.